The number of morpholine rings is 1. The maximum absolute atomic E-state index is 13.2. The van der Waals surface area contributed by atoms with Crippen LogP contribution in [0.5, 0.6) is 0 Å². The lowest BCUT2D eigenvalue weighted by Crippen LogP contribution is -2.50. The monoisotopic (exact) mass is 362 g/mol. The molecule has 1 N–H and O–H groups in total. The molecule has 25 heavy (non-hydrogen) atoms. The highest BCUT2D eigenvalue weighted by atomic mass is 32.1. The zero-order valence-electron chi connectivity index (χ0n) is 14.4. The van der Waals surface area contributed by atoms with Crippen LogP contribution in [0.3, 0.4) is 0 Å². The van der Waals surface area contributed by atoms with Crippen LogP contribution < -0.4 is 5.32 Å². The number of rotatable bonds is 5. The number of carbonyl (C=O) groups excluding carboxylic acids is 1. The quantitative estimate of drug-likeness (QED) is 0.888. The molecule has 6 heteroatoms. The Morgan fingerprint density at radius 3 is 2.56 bits per heavy atom. The number of thiophene rings is 1. The third kappa shape index (κ3) is 4.66. The van der Waals surface area contributed by atoms with Crippen LogP contribution in [0, 0.1) is 5.82 Å². The molecule has 1 fully saturated rings. The molecule has 0 radical (unpaired) electrons. The van der Waals surface area contributed by atoms with Gasteiger partial charge in [0.2, 0.25) is 5.91 Å². The van der Waals surface area contributed by atoms with Crippen LogP contribution in [0.25, 0.3) is 0 Å². The lowest BCUT2D eigenvalue weighted by Gasteiger charge is -2.35. The van der Waals surface area contributed by atoms with E-state index in [1.54, 1.807) is 23.5 Å². The molecule has 1 amide bonds. The highest BCUT2D eigenvalue weighted by Gasteiger charge is 2.26. The predicted molar refractivity (Wildman–Crippen MR) is 97.2 cm³/mol. The van der Waals surface area contributed by atoms with Crippen LogP contribution in [0.15, 0.2) is 41.8 Å². The van der Waals surface area contributed by atoms with E-state index in [9.17, 15) is 9.18 Å². The molecule has 2 heterocycles. The number of ether oxygens (including phenoxy) is 1. The number of halogens is 1. The molecule has 3 atom stereocenters. The Bertz CT molecular complexity index is 680. The Labute approximate surface area is 151 Å². The second-order valence-electron chi connectivity index (χ2n) is 6.44. The molecule has 4 nitrogen and oxygen atoms in total. The first kappa shape index (κ1) is 18.0. The van der Waals surface area contributed by atoms with E-state index >= 15 is 0 Å². The van der Waals surface area contributed by atoms with Crippen LogP contribution >= 0.6 is 11.3 Å². The standard InChI is InChI=1S/C19H23FN2O2S/c1-13-11-22(12-14(2)24-13)18(23)10-21-19(17-4-3-9-25-17)15-5-7-16(20)8-6-15/h3-9,13-14,19,21H,10-12H2,1-2H3. The fourth-order valence-corrected chi connectivity index (χ4v) is 4.00. The van der Waals surface area contributed by atoms with Gasteiger partial charge in [-0.25, -0.2) is 4.39 Å². The van der Waals surface area contributed by atoms with Crippen molar-refractivity contribution in [2.24, 2.45) is 0 Å². The third-order valence-corrected chi connectivity index (χ3v) is 5.20. The van der Waals surface area contributed by atoms with Gasteiger partial charge in [0.25, 0.3) is 0 Å². The molecule has 3 unspecified atom stereocenters. The molecule has 3 rings (SSSR count). The minimum atomic E-state index is -0.263. The SMILES string of the molecule is CC1CN(C(=O)CNC(c2ccc(F)cc2)c2cccs2)CC(C)O1. The Morgan fingerprint density at radius 1 is 1.28 bits per heavy atom. The smallest absolute Gasteiger partial charge is 0.236 e. The van der Waals surface area contributed by atoms with Gasteiger partial charge in [0.05, 0.1) is 24.8 Å². The van der Waals surface area contributed by atoms with Crippen molar-refractivity contribution in [3.63, 3.8) is 0 Å². The normalized spacial score (nSPS) is 22.0. The zero-order valence-corrected chi connectivity index (χ0v) is 15.3. The Balaban J connectivity index is 1.68. The van der Waals surface area contributed by atoms with Gasteiger partial charge in [0.1, 0.15) is 5.82 Å². The van der Waals surface area contributed by atoms with E-state index in [1.807, 2.05) is 36.3 Å². The van der Waals surface area contributed by atoms with E-state index in [0.717, 1.165) is 10.4 Å². The Morgan fingerprint density at radius 2 is 1.96 bits per heavy atom. The number of hydrogen-bond donors (Lipinski definition) is 1. The largest absolute Gasteiger partial charge is 0.372 e. The summed E-state index contributed by atoms with van der Waals surface area (Å²) in [5.41, 5.74) is 0.945. The van der Waals surface area contributed by atoms with Gasteiger partial charge >= 0.3 is 0 Å². The van der Waals surface area contributed by atoms with Gasteiger partial charge in [-0.15, -0.1) is 11.3 Å². The van der Waals surface area contributed by atoms with Gasteiger partial charge in [0, 0.05) is 18.0 Å². The summed E-state index contributed by atoms with van der Waals surface area (Å²) in [6.45, 7) is 5.43. The van der Waals surface area contributed by atoms with Crippen LogP contribution in [0.4, 0.5) is 4.39 Å². The van der Waals surface area contributed by atoms with E-state index in [0.29, 0.717) is 13.1 Å². The minimum absolute atomic E-state index is 0.0536. The number of nitrogens with one attached hydrogen (secondary N) is 1. The van der Waals surface area contributed by atoms with Gasteiger partial charge in [-0.05, 0) is 43.0 Å². The van der Waals surface area contributed by atoms with Crippen LogP contribution in [-0.2, 0) is 9.53 Å². The van der Waals surface area contributed by atoms with Crippen LogP contribution in [-0.4, -0.2) is 42.6 Å². The van der Waals surface area contributed by atoms with Gasteiger partial charge in [-0.1, -0.05) is 18.2 Å². The molecule has 1 aromatic heterocycles. The van der Waals surface area contributed by atoms with Crippen molar-refractivity contribution in [3.8, 4) is 0 Å². The summed E-state index contributed by atoms with van der Waals surface area (Å²) in [5, 5.41) is 5.34. The van der Waals surface area contributed by atoms with Crippen molar-refractivity contribution in [1.29, 1.82) is 0 Å². The minimum Gasteiger partial charge on any atom is -0.372 e. The van der Waals surface area contributed by atoms with E-state index in [1.165, 1.54) is 12.1 Å². The second-order valence-corrected chi connectivity index (χ2v) is 7.42. The van der Waals surface area contributed by atoms with E-state index in [4.69, 9.17) is 4.74 Å². The number of carbonyl (C=O) groups is 1. The first-order valence-electron chi connectivity index (χ1n) is 8.48. The van der Waals surface area contributed by atoms with Crippen molar-refractivity contribution in [2.45, 2.75) is 32.1 Å². The summed E-state index contributed by atoms with van der Waals surface area (Å²) in [6, 6.07) is 10.3. The molecular formula is C19H23FN2O2S. The molecule has 0 spiro atoms. The molecule has 0 aliphatic carbocycles. The summed E-state index contributed by atoms with van der Waals surface area (Å²) in [6.07, 6.45) is 0.107. The summed E-state index contributed by atoms with van der Waals surface area (Å²) in [5.74, 6) is -0.202. The van der Waals surface area contributed by atoms with Gasteiger partial charge in [-0.3, -0.25) is 10.1 Å². The van der Waals surface area contributed by atoms with Crippen molar-refractivity contribution in [2.75, 3.05) is 19.6 Å². The maximum atomic E-state index is 13.2. The van der Waals surface area contributed by atoms with Crippen molar-refractivity contribution >= 4 is 17.2 Å². The van der Waals surface area contributed by atoms with Gasteiger partial charge < -0.3 is 9.64 Å². The second kappa shape index (κ2) is 8.08. The number of nitrogens with zero attached hydrogens (tertiary/aromatic N) is 1. The molecule has 2 aromatic rings. The lowest BCUT2D eigenvalue weighted by atomic mass is 10.1. The average molecular weight is 362 g/mol. The number of amides is 1. The topological polar surface area (TPSA) is 41.6 Å². The summed E-state index contributed by atoms with van der Waals surface area (Å²) in [7, 11) is 0. The molecule has 134 valence electrons. The predicted octanol–water partition coefficient (Wildman–Crippen LogP) is 3.20. The maximum Gasteiger partial charge on any atom is 0.236 e. The molecule has 1 aromatic carbocycles. The zero-order chi connectivity index (χ0) is 17.8. The van der Waals surface area contributed by atoms with E-state index in [2.05, 4.69) is 5.32 Å². The molecule has 0 bridgehead atoms. The van der Waals surface area contributed by atoms with Crippen LogP contribution in [0.2, 0.25) is 0 Å². The summed E-state index contributed by atoms with van der Waals surface area (Å²) >= 11 is 1.62. The van der Waals surface area contributed by atoms with E-state index in [-0.39, 0.29) is 36.5 Å². The highest BCUT2D eigenvalue weighted by Crippen LogP contribution is 2.26. The average Bonchev–Trinajstić information content (AvgIpc) is 3.10. The van der Waals surface area contributed by atoms with Crippen molar-refractivity contribution < 1.29 is 13.9 Å². The Hall–Kier alpha value is -1.76. The molecule has 1 aliphatic heterocycles. The number of benzene rings is 1. The van der Waals surface area contributed by atoms with Gasteiger partial charge in [0.15, 0.2) is 0 Å². The first-order chi connectivity index (χ1) is 12.0. The molecule has 1 saturated heterocycles. The Kier molecular flexibility index (Phi) is 5.83. The fraction of sp³-hybridized carbons (Fsp3) is 0.421. The van der Waals surface area contributed by atoms with Crippen molar-refractivity contribution in [1.82, 2.24) is 10.2 Å². The molecular weight excluding hydrogens is 339 g/mol. The van der Waals surface area contributed by atoms with Gasteiger partial charge in [-0.2, -0.15) is 0 Å². The molecule has 0 saturated carbocycles. The summed E-state index contributed by atoms with van der Waals surface area (Å²) < 4.78 is 18.9. The lowest BCUT2D eigenvalue weighted by molar-refractivity contribution is -0.142. The third-order valence-electron chi connectivity index (χ3n) is 4.26. The summed E-state index contributed by atoms with van der Waals surface area (Å²) in [4.78, 5) is 15.5. The van der Waals surface area contributed by atoms with Crippen LogP contribution in [0.1, 0.15) is 30.3 Å². The highest BCUT2D eigenvalue weighted by molar-refractivity contribution is 7.10. The van der Waals surface area contributed by atoms with Crippen molar-refractivity contribution in [3.05, 3.63) is 58.0 Å². The fourth-order valence-electron chi connectivity index (χ4n) is 3.18. The number of hydrogen-bond acceptors (Lipinski definition) is 4. The van der Waals surface area contributed by atoms with E-state index < -0.39 is 0 Å². The molecule has 1 aliphatic rings. The first-order valence-corrected chi connectivity index (χ1v) is 9.36.